The summed E-state index contributed by atoms with van der Waals surface area (Å²) in [6, 6.07) is 5.82. The molecule has 7 heteroatoms. The third kappa shape index (κ3) is 2.83. The molecule has 0 aliphatic heterocycles. The molecule has 2 aromatic rings. The number of hydrogen-bond acceptors (Lipinski definition) is 4. The molecule has 2 N–H and O–H groups in total. The second kappa shape index (κ2) is 5.15. The number of rotatable bonds is 4. The molecule has 0 radical (unpaired) electrons. The van der Waals surface area contributed by atoms with Crippen molar-refractivity contribution in [3.05, 3.63) is 41.5 Å². The summed E-state index contributed by atoms with van der Waals surface area (Å²) in [4.78, 5) is 11.6. The zero-order valence-corrected chi connectivity index (χ0v) is 8.85. The van der Waals surface area contributed by atoms with E-state index in [2.05, 4.69) is 25.9 Å². The fourth-order valence-corrected chi connectivity index (χ4v) is 1.32. The van der Waals surface area contributed by atoms with Crippen molar-refractivity contribution in [2.24, 2.45) is 0 Å². The Hall–Kier alpha value is -2.31. The summed E-state index contributed by atoms with van der Waals surface area (Å²) in [7, 11) is 0. The predicted octanol–water partition coefficient (Wildman–Crippen LogP) is 0.311. The Bertz CT molecular complexity index is 499. The van der Waals surface area contributed by atoms with E-state index < -0.39 is 11.7 Å². The number of hydrogen-bond donors (Lipinski definition) is 2. The molecular weight excluding hydrogens is 225 g/mol. The van der Waals surface area contributed by atoms with Gasteiger partial charge in [-0.05, 0) is 12.1 Å². The normalized spacial score (nSPS) is 10.2. The molecule has 0 aliphatic rings. The fraction of sp³-hybridized carbons (Fsp3) is 0.200. The predicted molar refractivity (Wildman–Crippen MR) is 56.6 cm³/mol. The Balaban J connectivity index is 1.88. The lowest BCUT2D eigenvalue weighted by Crippen LogP contribution is -2.26. The number of carbonyl (C=O) groups is 1. The smallest absolute Gasteiger partial charge is 0.254 e. The van der Waals surface area contributed by atoms with Crippen LogP contribution in [0, 0.1) is 5.82 Å². The molecule has 88 valence electrons. The number of amides is 1. The van der Waals surface area contributed by atoms with Crippen molar-refractivity contribution < 1.29 is 9.18 Å². The summed E-state index contributed by atoms with van der Waals surface area (Å²) in [5.41, 5.74) is 0.0283. The first kappa shape index (κ1) is 11.2. The first-order chi connectivity index (χ1) is 8.27. The molecule has 0 saturated heterocycles. The van der Waals surface area contributed by atoms with Crippen molar-refractivity contribution >= 4 is 5.91 Å². The fourth-order valence-electron chi connectivity index (χ4n) is 1.32. The van der Waals surface area contributed by atoms with Crippen molar-refractivity contribution in [2.75, 3.05) is 6.54 Å². The number of carbonyl (C=O) groups excluding carboxylic acids is 1. The molecule has 0 spiro atoms. The third-order valence-electron chi connectivity index (χ3n) is 2.14. The highest BCUT2D eigenvalue weighted by atomic mass is 19.1. The van der Waals surface area contributed by atoms with Gasteiger partial charge in [-0.2, -0.15) is 5.21 Å². The van der Waals surface area contributed by atoms with E-state index in [9.17, 15) is 9.18 Å². The lowest BCUT2D eigenvalue weighted by Gasteiger charge is -2.04. The Morgan fingerprint density at radius 3 is 2.94 bits per heavy atom. The van der Waals surface area contributed by atoms with Gasteiger partial charge in [-0.15, -0.1) is 10.2 Å². The second-order valence-electron chi connectivity index (χ2n) is 3.31. The number of aromatic amines is 1. The molecule has 0 aliphatic carbocycles. The van der Waals surface area contributed by atoms with Gasteiger partial charge in [0.1, 0.15) is 5.82 Å². The van der Waals surface area contributed by atoms with Crippen LogP contribution in [0.4, 0.5) is 4.39 Å². The van der Waals surface area contributed by atoms with Gasteiger partial charge >= 0.3 is 0 Å². The average Bonchev–Trinajstić information content (AvgIpc) is 2.82. The molecule has 0 fully saturated rings. The molecule has 0 atom stereocenters. The van der Waals surface area contributed by atoms with E-state index in [-0.39, 0.29) is 5.56 Å². The number of tetrazole rings is 1. The second-order valence-corrected chi connectivity index (χ2v) is 3.31. The molecule has 6 nitrogen and oxygen atoms in total. The maximum absolute atomic E-state index is 13.2. The molecule has 17 heavy (non-hydrogen) atoms. The molecule has 0 bridgehead atoms. The van der Waals surface area contributed by atoms with Crippen LogP contribution in [0.3, 0.4) is 0 Å². The zero-order valence-electron chi connectivity index (χ0n) is 8.85. The van der Waals surface area contributed by atoms with E-state index in [1.165, 1.54) is 18.2 Å². The van der Waals surface area contributed by atoms with Crippen LogP contribution in [0.5, 0.6) is 0 Å². The van der Waals surface area contributed by atoms with Crippen molar-refractivity contribution in [1.82, 2.24) is 25.9 Å². The summed E-state index contributed by atoms with van der Waals surface area (Å²) in [5, 5.41) is 15.7. The number of halogens is 1. The van der Waals surface area contributed by atoms with Crippen LogP contribution in [0.1, 0.15) is 16.2 Å². The van der Waals surface area contributed by atoms with E-state index in [1.807, 2.05) is 0 Å². The number of H-pyrrole nitrogens is 1. The Morgan fingerprint density at radius 2 is 2.24 bits per heavy atom. The van der Waals surface area contributed by atoms with Gasteiger partial charge in [0.15, 0.2) is 5.82 Å². The topological polar surface area (TPSA) is 83.6 Å². The monoisotopic (exact) mass is 235 g/mol. The first-order valence-corrected chi connectivity index (χ1v) is 5.02. The summed E-state index contributed by atoms with van der Waals surface area (Å²) >= 11 is 0. The van der Waals surface area contributed by atoms with Gasteiger partial charge in [0.25, 0.3) is 5.91 Å². The quantitative estimate of drug-likeness (QED) is 0.799. The molecule has 1 amide bonds. The molecule has 1 heterocycles. The lowest BCUT2D eigenvalue weighted by molar-refractivity contribution is 0.0950. The summed E-state index contributed by atoms with van der Waals surface area (Å²) in [5.74, 6) is -0.491. The number of benzene rings is 1. The van der Waals surface area contributed by atoms with E-state index in [4.69, 9.17) is 0 Å². The maximum Gasteiger partial charge on any atom is 0.254 e. The van der Waals surface area contributed by atoms with Gasteiger partial charge in [-0.1, -0.05) is 17.3 Å². The molecule has 0 unspecified atom stereocenters. The van der Waals surface area contributed by atoms with Crippen LogP contribution >= 0.6 is 0 Å². The van der Waals surface area contributed by atoms with Crippen molar-refractivity contribution in [3.8, 4) is 0 Å². The Labute approximate surface area is 96.2 Å². The molecular formula is C10H10FN5O. The maximum atomic E-state index is 13.2. The zero-order chi connectivity index (χ0) is 12.1. The van der Waals surface area contributed by atoms with Gasteiger partial charge in [-0.3, -0.25) is 4.79 Å². The van der Waals surface area contributed by atoms with Crippen molar-refractivity contribution in [2.45, 2.75) is 6.42 Å². The largest absolute Gasteiger partial charge is 0.351 e. The van der Waals surface area contributed by atoms with Gasteiger partial charge in [0, 0.05) is 13.0 Å². The van der Waals surface area contributed by atoms with Gasteiger partial charge < -0.3 is 5.32 Å². The SMILES string of the molecule is O=C(NCCc1nn[nH]n1)c1ccccc1F. The van der Waals surface area contributed by atoms with Gasteiger partial charge in [0.05, 0.1) is 5.56 Å². The minimum Gasteiger partial charge on any atom is -0.351 e. The standard InChI is InChI=1S/C10H10FN5O/c11-8-4-2-1-3-7(8)10(17)12-6-5-9-13-15-16-14-9/h1-4H,5-6H2,(H,12,17)(H,13,14,15,16). The van der Waals surface area contributed by atoms with Crippen molar-refractivity contribution in [3.63, 3.8) is 0 Å². The Kier molecular flexibility index (Phi) is 3.39. The Morgan fingerprint density at radius 1 is 1.41 bits per heavy atom. The van der Waals surface area contributed by atoms with Crippen LogP contribution in [0.2, 0.25) is 0 Å². The molecule has 1 aromatic carbocycles. The van der Waals surface area contributed by atoms with Crippen LogP contribution in [0.25, 0.3) is 0 Å². The van der Waals surface area contributed by atoms with E-state index in [0.717, 1.165) is 0 Å². The van der Waals surface area contributed by atoms with E-state index in [0.29, 0.717) is 18.8 Å². The van der Waals surface area contributed by atoms with Crippen LogP contribution in [-0.4, -0.2) is 33.1 Å². The van der Waals surface area contributed by atoms with Crippen molar-refractivity contribution in [1.29, 1.82) is 0 Å². The van der Waals surface area contributed by atoms with Crippen LogP contribution in [-0.2, 0) is 6.42 Å². The number of nitrogens with one attached hydrogen (secondary N) is 2. The molecule has 2 rings (SSSR count). The summed E-state index contributed by atoms with van der Waals surface area (Å²) in [6.07, 6.45) is 0.441. The lowest BCUT2D eigenvalue weighted by atomic mass is 10.2. The van der Waals surface area contributed by atoms with Gasteiger partial charge in [-0.25, -0.2) is 4.39 Å². The highest BCUT2D eigenvalue weighted by molar-refractivity contribution is 5.94. The summed E-state index contributed by atoms with van der Waals surface area (Å²) < 4.78 is 13.2. The molecule has 1 aromatic heterocycles. The minimum absolute atomic E-state index is 0.0283. The van der Waals surface area contributed by atoms with E-state index in [1.54, 1.807) is 6.07 Å². The molecule has 0 saturated carbocycles. The van der Waals surface area contributed by atoms with Gasteiger partial charge in [0.2, 0.25) is 0 Å². The number of aromatic nitrogens is 4. The average molecular weight is 235 g/mol. The van der Waals surface area contributed by atoms with E-state index >= 15 is 0 Å². The highest BCUT2D eigenvalue weighted by Crippen LogP contribution is 2.05. The highest BCUT2D eigenvalue weighted by Gasteiger charge is 2.10. The van der Waals surface area contributed by atoms with Crippen LogP contribution < -0.4 is 5.32 Å². The third-order valence-corrected chi connectivity index (χ3v) is 2.14. The van der Waals surface area contributed by atoms with Crippen LogP contribution in [0.15, 0.2) is 24.3 Å². The summed E-state index contributed by atoms with van der Waals surface area (Å²) in [6.45, 7) is 0.326. The first-order valence-electron chi connectivity index (χ1n) is 5.02. The number of nitrogens with zero attached hydrogens (tertiary/aromatic N) is 3. The minimum atomic E-state index is -0.537.